The third-order valence-electron chi connectivity index (χ3n) is 4.40. The molecule has 3 unspecified atom stereocenters. The fourth-order valence-electron chi connectivity index (χ4n) is 3.00. The topological polar surface area (TPSA) is 104 Å². The fraction of sp³-hybridized carbons (Fsp3) is 0.263. The van der Waals surface area contributed by atoms with E-state index in [2.05, 4.69) is 0 Å². The zero-order valence-corrected chi connectivity index (χ0v) is 13.5. The third kappa shape index (κ3) is 2.95. The van der Waals surface area contributed by atoms with E-state index in [1.54, 1.807) is 24.3 Å². The lowest BCUT2D eigenvalue weighted by molar-refractivity contribution is -0.133. The number of rotatable bonds is 5. The summed E-state index contributed by atoms with van der Waals surface area (Å²) in [7, 11) is 0. The van der Waals surface area contributed by atoms with Crippen LogP contribution in [0.1, 0.15) is 20.7 Å². The van der Waals surface area contributed by atoms with Crippen LogP contribution in [0.4, 0.5) is 4.39 Å². The summed E-state index contributed by atoms with van der Waals surface area (Å²) in [6.07, 6.45) is -8.70. The number of benzene rings is 2. The van der Waals surface area contributed by atoms with Crippen LogP contribution in [0.5, 0.6) is 0 Å². The van der Waals surface area contributed by atoms with Crippen molar-refractivity contribution in [1.29, 1.82) is 0 Å². The highest BCUT2D eigenvalue weighted by Gasteiger charge is 2.64. The molecule has 1 fully saturated rings. The molecule has 3 N–H and O–H groups in total. The van der Waals surface area contributed by atoms with E-state index in [-0.39, 0.29) is 11.1 Å². The molecule has 1 aliphatic rings. The fourth-order valence-corrected chi connectivity index (χ4v) is 3.00. The van der Waals surface area contributed by atoms with Crippen molar-refractivity contribution in [2.24, 2.45) is 0 Å². The Morgan fingerprint density at radius 3 is 2.04 bits per heavy atom. The largest absolute Gasteiger partial charge is 0.382 e. The molecule has 1 saturated heterocycles. The molecule has 1 heterocycles. The van der Waals surface area contributed by atoms with E-state index in [0.29, 0.717) is 0 Å². The Labute approximate surface area is 148 Å². The van der Waals surface area contributed by atoms with Crippen molar-refractivity contribution >= 4 is 11.6 Å². The second-order valence-corrected chi connectivity index (χ2v) is 6.04. The minimum atomic E-state index is -2.91. The molecule has 6 nitrogen and oxygen atoms in total. The van der Waals surface area contributed by atoms with Crippen molar-refractivity contribution in [2.45, 2.75) is 30.3 Å². The number of carbonyl (C=O) groups excluding carboxylic acids is 2. The van der Waals surface area contributed by atoms with Gasteiger partial charge in [-0.05, 0) is 0 Å². The molecule has 0 radical (unpaired) electrons. The first kappa shape index (κ1) is 18.3. The van der Waals surface area contributed by atoms with E-state index in [4.69, 9.17) is 4.74 Å². The number of hydrogen-bond donors (Lipinski definition) is 3. The number of Topliss-reactive ketones (excluding diaryl/α,β-unsaturated/α-hetero) is 2. The number of carbonyl (C=O) groups is 2. The van der Waals surface area contributed by atoms with Crippen LogP contribution in [0, 0.1) is 0 Å². The Balaban J connectivity index is 1.97. The molecule has 0 bridgehead atoms. The van der Waals surface area contributed by atoms with Crippen LogP contribution in [0.25, 0.3) is 0 Å². The Morgan fingerprint density at radius 2 is 1.50 bits per heavy atom. The van der Waals surface area contributed by atoms with Gasteiger partial charge in [-0.3, -0.25) is 9.59 Å². The van der Waals surface area contributed by atoms with Crippen LogP contribution < -0.4 is 0 Å². The van der Waals surface area contributed by atoms with E-state index in [1.165, 1.54) is 36.4 Å². The molecule has 0 spiro atoms. The Morgan fingerprint density at radius 1 is 1.00 bits per heavy atom. The third-order valence-corrected chi connectivity index (χ3v) is 4.40. The molecule has 26 heavy (non-hydrogen) atoms. The van der Waals surface area contributed by atoms with Gasteiger partial charge in [-0.25, -0.2) is 4.39 Å². The molecule has 5 atom stereocenters. The van der Waals surface area contributed by atoms with Crippen molar-refractivity contribution < 1.29 is 34.0 Å². The molecule has 3 rings (SSSR count). The first-order valence-corrected chi connectivity index (χ1v) is 7.94. The van der Waals surface area contributed by atoms with E-state index in [9.17, 15) is 29.3 Å². The summed E-state index contributed by atoms with van der Waals surface area (Å²) in [5, 5.41) is 30.8. The summed E-state index contributed by atoms with van der Waals surface area (Å²) >= 11 is 0. The monoisotopic (exact) mass is 360 g/mol. The molecule has 0 aromatic heterocycles. The van der Waals surface area contributed by atoms with Gasteiger partial charge in [0.1, 0.15) is 12.2 Å². The van der Waals surface area contributed by atoms with Gasteiger partial charge in [-0.2, -0.15) is 0 Å². The molecular formula is C19H17FO6. The number of hydrogen-bond acceptors (Lipinski definition) is 6. The van der Waals surface area contributed by atoms with Gasteiger partial charge in [-0.1, -0.05) is 60.7 Å². The van der Waals surface area contributed by atoms with Gasteiger partial charge in [-0.15, -0.1) is 0 Å². The summed E-state index contributed by atoms with van der Waals surface area (Å²) in [6.45, 7) is 0. The van der Waals surface area contributed by atoms with Gasteiger partial charge in [0.05, 0.1) is 0 Å². The standard InChI is InChI=1S/C19H17FO6/c20-15-18(24)26-17(14(22)13(21)11-7-3-1-4-8-11)19(15,25)16(23)12-9-5-2-6-10-12/h1-10,14-15,17-18,22,24-25H/t14?,15-,17-,18?,19?/m0/s1. The number of aliphatic hydroxyl groups is 3. The highest BCUT2D eigenvalue weighted by molar-refractivity contribution is 6.05. The van der Waals surface area contributed by atoms with Gasteiger partial charge in [0.15, 0.2) is 29.6 Å². The first-order chi connectivity index (χ1) is 12.4. The molecule has 2 aromatic rings. The van der Waals surface area contributed by atoms with Crippen LogP contribution in [0.15, 0.2) is 60.7 Å². The molecule has 7 heteroatoms. The lowest BCUT2D eigenvalue weighted by Crippen LogP contribution is -2.58. The summed E-state index contributed by atoms with van der Waals surface area (Å²) in [5.41, 5.74) is -2.86. The van der Waals surface area contributed by atoms with E-state index in [0.717, 1.165) is 0 Å². The van der Waals surface area contributed by atoms with Crippen molar-refractivity contribution in [3.05, 3.63) is 71.8 Å². The van der Waals surface area contributed by atoms with Crippen LogP contribution >= 0.6 is 0 Å². The second-order valence-electron chi connectivity index (χ2n) is 6.04. The molecule has 2 aromatic carbocycles. The van der Waals surface area contributed by atoms with Crippen molar-refractivity contribution in [2.75, 3.05) is 0 Å². The predicted molar refractivity (Wildman–Crippen MR) is 88.3 cm³/mol. The van der Waals surface area contributed by atoms with Crippen LogP contribution in [-0.2, 0) is 4.74 Å². The number of alkyl halides is 1. The summed E-state index contributed by atoms with van der Waals surface area (Å²) < 4.78 is 19.4. The number of aliphatic hydroxyl groups excluding tert-OH is 2. The minimum absolute atomic E-state index is 0.0419. The lowest BCUT2D eigenvalue weighted by atomic mass is 9.81. The SMILES string of the molecule is O=C(c1ccccc1)C(O)[C@@H]1OC(O)[C@H](F)C1(O)C(=O)c1ccccc1. The smallest absolute Gasteiger partial charge is 0.200 e. The summed E-state index contributed by atoms with van der Waals surface area (Å²) in [6, 6.07) is 15.0. The van der Waals surface area contributed by atoms with Crippen molar-refractivity contribution in [3.8, 4) is 0 Å². The Kier molecular flexibility index (Phi) is 4.97. The van der Waals surface area contributed by atoms with Gasteiger partial charge < -0.3 is 20.1 Å². The van der Waals surface area contributed by atoms with Gasteiger partial charge in [0.2, 0.25) is 0 Å². The molecule has 0 amide bonds. The van der Waals surface area contributed by atoms with Crippen molar-refractivity contribution in [1.82, 2.24) is 0 Å². The van der Waals surface area contributed by atoms with E-state index >= 15 is 0 Å². The molecule has 136 valence electrons. The average molecular weight is 360 g/mol. The number of ketones is 2. The van der Waals surface area contributed by atoms with Crippen LogP contribution in [0.2, 0.25) is 0 Å². The maximum absolute atomic E-state index is 14.5. The Bertz CT molecular complexity index is 796. The number of halogens is 1. The summed E-state index contributed by atoms with van der Waals surface area (Å²) in [5.74, 6) is -1.96. The predicted octanol–water partition coefficient (Wildman–Crippen LogP) is 0.899. The highest BCUT2D eigenvalue weighted by atomic mass is 19.1. The Hall–Kier alpha value is -2.45. The molecule has 0 aliphatic carbocycles. The van der Waals surface area contributed by atoms with E-state index in [1.807, 2.05) is 0 Å². The minimum Gasteiger partial charge on any atom is -0.382 e. The molecule has 1 aliphatic heterocycles. The van der Waals surface area contributed by atoms with E-state index < -0.39 is 41.8 Å². The number of ether oxygens (including phenoxy) is 1. The van der Waals surface area contributed by atoms with Crippen molar-refractivity contribution in [3.63, 3.8) is 0 Å². The lowest BCUT2D eigenvalue weighted by Gasteiger charge is -2.30. The van der Waals surface area contributed by atoms with Crippen LogP contribution in [-0.4, -0.2) is 57.2 Å². The highest BCUT2D eigenvalue weighted by Crippen LogP contribution is 2.37. The normalized spacial score (nSPS) is 29.3. The quantitative estimate of drug-likeness (QED) is 0.685. The zero-order chi connectivity index (χ0) is 18.9. The van der Waals surface area contributed by atoms with Crippen LogP contribution in [0.3, 0.4) is 0 Å². The molecule has 0 saturated carbocycles. The maximum Gasteiger partial charge on any atom is 0.200 e. The van der Waals surface area contributed by atoms with Gasteiger partial charge in [0, 0.05) is 11.1 Å². The first-order valence-electron chi connectivity index (χ1n) is 7.94. The maximum atomic E-state index is 14.5. The zero-order valence-electron chi connectivity index (χ0n) is 13.5. The van der Waals surface area contributed by atoms with Gasteiger partial charge in [0.25, 0.3) is 0 Å². The summed E-state index contributed by atoms with van der Waals surface area (Å²) in [4.78, 5) is 25.1. The second kappa shape index (κ2) is 7.05. The van der Waals surface area contributed by atoms with Gasteiger partial charge >= 0.3 is 0 Å². The average Bonchev–Trinajstić information content (AvgIpc) is 2.92. The molecular weight excluding hydrogens is 343 g/mol.